The first-order valence-corrected chi connectivity index (χ1v) is 5.82. The van der Waals surface area contributed by atoms with Crippen molar-refractivity contribution in [3.8, 4) is 0 Å². The van der Waals surface area contributed by atoms with Gasteiger partial charge in [0, 0.05) is 13.0 Å². The highest BCUT2D eigenvalue weighted by atomic mass is 19.4. The van der Waals surface area contributed by atoms with E-state index < -0.39 is 24.7 Å². The fourth-order valence-corrected chi connectivity index (χ4v) is 1.26. The van der Waals surface area contributed by atoms with E-state index in [1.165, 1.54) is 10.9 Å². The molecule has 0 saturated heterocycles. The summed E-state index contributed by atoms with van der Waals surface area (Å²) in [5.74, 6) is -1.69. The van der Waals surface area contributed by atoms with Gasteiger partial charge in [0.2, 0.25) is 5.91 Å². The molecule has 0 fully saturated rings. The predicted octanol–water partition coefficient (Wildman–Crippen LogP) is 0.0615. The third kappa shape index (κ3) is 7.25. The largest absolute Gasteiger partial charge is 0.476 e. The number of carboxylic acid groups (broad SMARTS) is 1. The van der Waals surface area contributed by atoms with Crippen LogP contribution in [0.15, 0.2) is 6.20 Å². The van der Waals surface area contributed by atoms with E-state index in [4.69, 9.17) is 5.11 Å². The van der Waals surface area contributed by atoms with E-state index in [0.717, 1.165) is 0 Å². The molecular formula is C10H13F3N4O4. The maximum Gasteiger partial charge on any atom is 0.411 e. The lowest BCUT2D eigenvalue weighted by molar-refractivity contribution is -0.174. The second kappa shape index (κ2) is 7.57. The van der Waals surface area contributed by atoms with Crippen LogP contribution in [-0.2, 0) is 16.1 Å². The van der Waals surface area contributed by atoms with Gasteiger partial charge in [-0.05, 0) is 0 Å². The van der Waals surface area contributed by atoms with Gasteiger partial charge in [-0.3, -0.25) is 4.79 Å². The summed E-state index contributed by atoms with van der Waals surface area (Å²) in [6.45, 7) is -1.40. The molecule has 8 nitrogen and oxygen atoms in total. The summed E-state index contributed by atoms with van der Waals surface area (Å²) >= 11 is 0. The van der Waals surface area contributed by atoms with Crippen molar-refractivity contribution in [2.75, 3.05) is 19.8 Å². The van der Waals surface area contributed by atoms with Crippen LogP contribution in [0, 0.1) is 0 Å². The molecular weight excluding hydrogens is 297 g/mol. The number of carbonyl (C=O) groups excluding carboxylic acids is 1. The summed E-state index contributed by atoms with van der Waals surface area (Å²) in [5.41, 5.74) is -0.220. The van der Waals surface area contributed by atoms with Crippen LogP contribution < -0.4 is 5.32 Å². The lowest BCUT2D eigenvalue weighted by atomic mass is 10.4. The predicted molar refractivity (Wildman–Crippen MR) is 61.5 cm³/mol. The van der Waals surface area contributed by atoms with Gasteiger partial charge in [-0.2, -0.15) is 13.2 Å². The van der Waals surface area contributed by atoms with Gasteiger partial charge in [0.05, 0.1) is 19.3 Å². The van der Waals surface area contributed by atoms with Crippen molar-refractivity contribution in [1.29, 1.82) is 0 Å². The highest BCUT2D eigenvalue weighted by Gasteiger charge is 2.27. The zero-order chi connectivity index (χ0) is 15.9. The molecule has 1 aromatic heterocycles. The molecule has 0 radical (unpaired) electrons. The fourth-order valence-electron chi connectivity index (χ4n) is 1.26. The second-order valence-electron chi connectivity index (χ2n) is 3.94. The van der Waals surface area contributed by atoms with E-state index in [-0.39, 0.29) is 31.8 Å². The number of carbonyl (C=O) groups is 2. The molecule has 1 aromatic rings. The molecule has 0 aromatic carbocycles. The Hall–Kier alpha value is -2.17. The minimum Gasteiger partial charge on any atom is -0.476 e. The van der Waals surface area contributed by atoms with Gasteiger partial charge >= 0.3 is 12.1 Å². The maximum absolute atomic E-state index is 11.7. The number of rotatable bonds is 8. The van der Waals surface area contributed by atoms with E-state index in [1.54, 1.807) is 0 Å². The number of alkyl halides is 3. The Morgan fingerprint density at radius 1 is 1.43 bits per heavy atom. The Morgan fingerprint density at radius 2 is 2.14 bits per heavy atom. The third-order valence-electron chi connectivity index (χ3n) is 2.16. The van der Waals surface area contributed by atoms with Crippen molar-refractivity contribution < 1.29 is 32.6 Å². The van der Waals surface area contributed by atoms with Crippen LogP contribution in [0.2, 0.25) is 0 Å². The first-order chi connectivity index (χ1) is 9.78. The van der Waals surface area contributed by atoms with Gasteiger partial charge in [0.15, 0.2) is 5.69 Å². The van der Waals surface area contributed by atoms with Crippen molar-refractivity contribution in [2.24, 2.45) is 0 Å². The number of amides is 1. The van der Waals surface area contributed by atoms with Crippen LogP contribution >= 0.6 is 0 Å². The molecule has 0 spiro atoms. The van der Waals surface area contributed by atoms with Gasteiger partial charge in [0.25, 0.3) is 0 Å². The molecule has 0 aliphatic carbocycles. The molecule has 0 atom stereocenters. The quantitative estimate of drug-likeness (QED) is 0.658. The number of nitrogens with zero attached hydrogens (tertiary/aromatic N) is 3. The molecule has 1 heterocycles. The highest BCUT2D eigenvalue weighted by molar-refractivity contribution is 5.84. The van der Waals surface area contributed by atoms with Crippen LogP contribution in [0.5, 0.6) is 0 Å². The topological polar surface area (TPSA) is 106 Å². The number of ether oxygens (including phenoxy) is 1. The highest BCUT2D eigenvalue weighted by Crippen LogP contribution is 2.14. The van der Waals surface area contributed by atoms with Gasteiger partial charge in [-0.1, -0.05) is 5.21 Å². The second-order valence-corrected chi connectivity index (χ2v) is 3.94. The van der Waals surface area contributed by atoms with Gasteiger partial charge < -0.3 is 15.2 Å². The zero-order valence-electron chi connectivity index (χ0n) is 10.8. The van der Waals surface area contributed by atoms with Gasteiger partial charge in [-0.15, -0.1) is 5.10 Å². The number of carboxylic acids is 1. The lowest BCUT2D eigenvalue weighted by Gasteiger charge is -2.08. The summed E-state index contributed by atoms with van der Waals surface area (Å²) in [6, 6.07) is 0. The average molecular weight is 310 g/mol. The Kier molecular flexibility index (Phi) is 6.09. The summed E-state index contributed by atoms with van der Waals surface area (Å²) in [5, 5.41) is 17.9. The molecule has 1 rings (SSSR count). The number of nitrogens with one attached hydrogen (secondary N) is 1. The Morgan fingerprint density at radius 3 is 2.71 bits per heavy atom. The zero-order valence-corrected chi connectivity index (χ0v) is 10.8. The molecule has 0 aliphatic heterocycles. The molecule has 118 valence electrons. The normalized spacial score (nSPS) is 11.4. The van der Waals surface area contributed by atoms with Crippen LogP contribution in [0.3, 0.4) is 0 Å². The molecule has 1 amide bonds. The number of halogens is 3. The van der Waals surface area contributed by atoms with Crippen LogP contribution in [-0.4, -0.2) is 57.9 Å². The van der Waals surface area contributed by atoms with E-state index >= 15 is 0 Å². The minimum absolute atomic E-state index is 0.139. The molecule has 2 N–H and O–H groups in total. The number of aromatic carboxylic acids is 1. The van der Waals surface area contributed by atoms with Crippen LogP contribution in [0.4, 0.5) is 13.2 Å². The van der Waals surface area contributed by atoms with Crippen molar-refractivity contribution >= 4 is 11.9 Å². The molecule has 0 bridgehead atoms. The van der Waals surface area contributed by atoms with Crippen molar-refractivity contribution in [1.82, 2.24) is 20.3 Å². The summed E-state index contributed by atoms with van der Waals surface area (Å²) < 4.78 is 40.7. The number of hydrogen-bond donors (Lipinski definition) is 2. The Labute approximate surface area is 116 Å². The molecule has 21 heavy (non-hydrogen) atoms. The standard InChI is InChI=1S/C10H13F3N4O4/c11-10(12,13)6-21-4-1-8(18)14-2-3-17-5-7(9(19)20)15-16-17/h5H,1-4,6H2,(H,14,18)(H,19,20). The smallest absolute Gasteiger partial charge is 0.411 e. The van der Waals surface area contributed by atoms with E-state index in [2.05, 4.69) is 20.4 Å². The number of hydrogen-bond acceptors (Lipinski definition) is 5. The summed E-state index contributed by atoms with van der Waals surface area (Å²) in [4.78, 5) is 21.8. The Balaban J connectivity index is 2.14. The molecule has 0 aliphatic rings. The molecule has 0 unspecified atom stereocenters. The number of aromatic nitrogens is 3. The first-order valence-electron chi connectivity index (χ1n) is 5.82. The van der Waals surface area contributed by atoms with E-state index in [0.29, 0.717) is 0 Å². The van der Waals surface area contributed by atoms with Gasteiger partial charge in [-0.25, -0.2) is 9.48 Å². The lowest BCUT2D eigenvalue weighted by Crippen LogP contribution is -2.28. The van der Waals surface area contributed by atoms with Crippen molar-refractivity contribution in [3.63, 3.8) is 0 Å². The summed E-state index contributed by atoms with van der Waals surface area (Å²) in [6.07, 6.45) is -3.42. The molecule has 0 saturated carbocycles. The first kappa shape index (κ1) is 16.9. The van der Waals surface area contributed by atoms with Crippen LogP contribution in [0.1, 0.15) is 16.9 Å². The van der Waals surface area contributed by atoms with Gasteiger partial charge in [0.1, 0.15) is 6.61 Å². The molecule has 11 heteroatoms. The van der Waals surface area contributed by atoms with Crippen molar-refractivity contribution in [3.05, 3.63) is 11.9 Å². The van der Waals surface area contributed by atoms with E-state index in [9.17, 15) is 22.8 Å². The summed E-state index contributed by atoms with van der Waals surface area (Å²) in [7, 11) is 0. The maximum atomic E-state index is 11.7. The monoisotopic (exact) mass is 310 g/mol. The van der Waals surface area contributed by atoms with Crippen molar-refractivity contribution in [2.45, 2.75) is 19.1 Å². The SMILES string of the molecule is O=C(CCOCC(F)(F)F)NCCn1cc(C(=O)O)nn1. The Bertz CT molecular complexity index is 489. The third-order valence-corrected chi connectivity index (χ3v) is 2.16. The van der Waals surface area contributed by atoms with Crippen LogP contribution in [0.25, 0.3) is 0 Å². The average Bonchev–Trinajstić information content (AvgIpc) is 2.82. The van der Waals surface area contributed by atoms with E-state index in [1.807, 2.05) is 0 Å². The fraction of sp³-hybridized carbons (Fsp3) is 0.600. The minimum atomic E-state index is -4.41.